The molecule has 1 aliphatic heterocycles. The molecule has 6 heteroatoms. The predicted octanol–water partition coefficient (Wildman–Crippen LogP) is 2.06. The van der Waals surface area contributed by atoms with Crippen LogP contribution < -0.4 is 5.32 Å². The standard InChI is InChI=1S/C13H16BrNO3S/c1-9-11(5-2-6-12(9)14)13(16)15-10-4-3-7-19(17,18)8-10/h2,5-6,10H,3-4,7-8H2,1H3,(H,15,16). The van der Waals surface area contributed by atoms with E-state index in [1.165, 1.54) is 0 Å². The lowest BCUT2D eigenvalue weighted by Gasteiger charge is -2.23. The van der Waals surface area contributed by atoms with E-state index in [-0.39, 0.29) is 23.5 Å². The predicted molar refractivity (Wildman–Crippen MR) is 78.0 cm³/mol. The molecule has 104 valence electrons. The molecule has 1 aromatic rings. The van der Waals surface area contributed by atoms with Gasteiger partial charge in [0.2, 0.25) is 0 Å². The monoisotopic (exact) mass is 345 g/mol. The largest absolute Gasteiger partial charge is 0.348 e. The Bertz CT molecular complexity index is 598. The van der Waals surface area contributed by atoms with Crippen LogP contribution in [0, 0.1) is 6.92 Å². The lowest BCUT2D eigenvalue weighted by Crippen LogP contribution is -2.43. The second-order valence-corrected chi connectivity index (χ2v) is 7.92. The maximum atomic E-state index is 12.2. The molecule has 19 heavy (non-hydrogen) atoms. The summed E-state index contributed by atoms with van der Waals surface area (Å²) in [6, 6.07) is 5.14. The average molecular weight is 346 g/mol. The topological polar surface area (TPSA) is 63.2 Å². The van der Waals surface area contributed by atoms with Crippen LogP contribution in [0.2, 0.25) is 0 Å². The van der Waals surface area contributed by atoms with E-state index in [9.17, 15) is 13.2 Å². The summed E-state index contributed by atoms with van der Waals surface area (Å²) in [4.78, 5) is 12.2. The number of hydrogen-bond donors (Lipinski definition) is 1. The van der Waals surface area contributed by atoms with E-state index in [1.807, 2.05) is 13.0 Å². The lowest BCUT2D eigenvalue weighted by molar-refractivity contribution is 0.0937. The van der Waals surface area contributed by atoms with Gasteiger partial charge in [-0.25, -0.2) is 8.42 Å². The van der Waals surface area contributed by atoms with Crippen molar-refractivity contribution in [3.63, 3.8) is 0 Å². The van der Waals surface area contributed by atoms with E-state index in [0.29, 0.717) is 12.0 Å². The molecule has 1 aromatic carbocycles. The first kappa shape index (κ1) is 14.5. The summed E-state index contributed by atoms with van der Waals surface area (Å²) in [6.45, 7) is 1.86. The smallest absolute Gasteiger partial charge is 0.251 e. The molecule has 1 amide bonds. The fourth-order valence-corrected chi connectivity index (χ4v) is 4.26. The van der Waals surface area contributed by atoms with Crippen LogP contribution in [0.15, 0.2) is 22.7 Å². The molecule has 0 radical (unpaired) electrons. The average Bonchev–Trinajstić information content (AvgIpc) is 2.31. The van der Waals surface area contributed by atoms with Gasteiger partial charge in [-0.3, -0.25) is 4.79 Å². The number of carbonyl (C=O) groups excluding carboxylic acids is 1. The highest BCUT2D eigenvalue weighted by Gasteiger charge is 2.26. The fourth-order valence-electron chi connectivity index (χ4n) is 2.25. The number of nitrogens with one attached hydrogen (secondary N) is 1. The van der Waals surface area contributed by atoms with Crippen LogP contribution in [0.25, 0.3) is 0 Å². The molecule has 1 N–H and O–H groups in total. The van der Waals surface area contributed by atoms with Crippen molar-refractivity contribution in [3.05, 3.63) is 33.8 Å². The Hall–Kier alpha value is -0.880. The van der Waals surface area contributed by atoms with Crippen molar-refractivity contribution in [1.29, 1.82) is 0 Å². The molecule has 4 nitrogen and oxygen atoms in total. The highest BCUT2D eigenvalue weighted by molar-refractivity contribution is 9.10. The van der Waals surface area contributed by atoms with Crippen LogP contribution in [0.1, 0.15) is 28.8 Å². The SMILES string of the molecule is Cc1c(Br)cccc1C(=O)NC1CCCS(=O)(=O)C1. The first-order valence-corrected chi connectivity index (χ1v) is 8.77. The zero-order valence-corrected chi connectivity index (χ0v) is 13.1. The maximum absolute atomic E-state index is 12.2. The summed E-state index contributed by atoms with van der Waals surface area (Å²) in [7, 11) is -3.00. The molecule has 1 atom stereocenters. The molecule has 0 aliphatic carbocycles. The third kappa shape index (κ3) is 3.57. The van der Waals surface area contributed by atoms with E-state index in [1.54, 1.807) is 12.1 Å². The van der Waals surface area contributed by atoms with E-state index in [0.717, 1.165) is 16.5 Å². The zero-order chi connectivity index (χ0) is 14.0. The van der Waals surface area contributed by atoms with Crippen LogP contribution >= 0.6 is 15.9 Å². The summed E-state index contributed by atoms with van der Waals surface area (Å²) in [5.74, 6) is 0.0713. The van der Waals surface area contributed by atoms with Gasteiger partial charge >= 0.3 is 0 Å². The molecule has 0 aromatic heterocycles. The lowest BCUT2D eigenvalue weighted by atomic mass is 10.1. The van der Waals surface area contributed by atoms with Gasteiger partial charge < -0.3 is 5.32 Å². The molecule has 1 saturated heterocycles. The Kier molecular flexibility index (Phi) is 4.30. The van der Waals surface area contributed by atoms with Gasteiger partial charge in [-0.2, -0.15) is 0 Å². The molecular weight excluding hydrogens is 330 g/mol. The Balaban J connectivity index is 2.11. The van der Waals surface area contributed by atoms with Gasteiger partial charge in [0, 0.05) is 16.1 Å². The Labute approximate surface area is 121 Å². The quantitative estimate of drug-likeness (QED) is 0.892. The number of amides is 1. The highest BCUT2D eigenvalue weighted by atomic mass is 79.9. The van der Waals surface area contributed by atoms with Crippen LogP contribution in [0.5, 0.6) is 0 Å². The second kappa shape index (κ2) is 5.63. The van der Waals surface area contributed by atoms with Gasteiger partial charge in [0.05, 0.1) is 11.5 Å². The third-order valence-corrected chi connectivity index (χ3v) is 5.99. The zero-order valence-electron chi connectivity index (χ0n) is 10.6. The Morgan fingerprint density at radius 1 is 1.42 bits per heavy atom. The van der Waals surface area contributed by atoms with Crippen LogP contribution in [0.4, 0.5) is 0 Å². The number of rotatable bonds is 2. The molecule has 1 aliphatic rings. The number of benzene rings is 1. The van der Waals surface area contributed by atoms with Gasteiger partial charge in [0.15, 0.2) is 9.84 Å². The number of halogens is 1. The number of hydrogen-bond acceptors (Lipinski definition) is 3. The van der Waals surface area contributed by atoms with Crippen molar-refractivity contribution >= 4 is 31.7 Å². The first-order chi connectivity index (χ1) is 8.89. The van der Waals surface area contributed by atoms with Gasteiger partial charge in [0.1, 0.15) is 0 Å². The summed E-state index contributed by atoms with van der Waals surface area (Å²) < 4.78 is 24.0. The molecule has 1 fully saturated rings. The molecule has 0 saturated carbocycles. The minimum atomic E-state index is -3.00. The van der Waals surface area contributed by atoms with Crippen molar-refractivity contribution in [3.8, 4) is 0 Å². The van der Waals surface area contributed by atoms with Crippen LogP contribution in [-0.2, 0) is 9.84 Å². The van der Waals surface area contributed by atoms with Crippen LogP contribution in [0.3, 0.4) is 0 Å². The van der Waals surface area contributed by atoms with Crippen molar-refractivity contribution in [2.24, 2.45) is 0 Å². The van der Waals surface area contributed by atoms with Gasteiger partial charge in [-0.15, -0.1) is 0 Å². The summed E-state index contributed by atoms with van der Waals surface area (Å²) in [5, 5.41) is 2.82. The minimum Gasteiger partial charge on any atom is -0.348 e. The normalized spacial score (nSPS) is 21.9. The van der Waals surface area contributed by atoms with Crippen molar-refractivity contribution < 1.29 is 13.2 Å². The molecule has 2 rings (SSSR count). The Morgan fingerprint density at radius 2 is 2.16 bits per heavy atom. The van der Waals surface area contributed by atoms with Gasteiger partial charge in [-0.05, 0) is 37.5 Å². The Morgan fingerprint density at radius 3 is 2.84 bits per heavy atom. The molecule has 1 unspecified atom stereocenters. The van der Waals surface area contributed by atoms with Gasteiger partial charge in [0.25, 0.3) is 5.91 Å². The van der Waals surface area contributed by atoms with Crippen molar-refractivity contribution in [1.82, 2.24) is 5.32 Å². The van der Waals surface area contributed by atoms with Crippen molar-refractivity contribution in [2.75, 3.05) is 11.5 Å². The molecule has 1 heterocycles. The van der Waals surface area contributed by atoms with Crippen LogP contribution in [-0.4, -0.2) is 31.9 Å². The minimum absolute atomic E-state index is 0.0474. The first-order valence-electron chi connectivity index (χ1n) is 6.15. The molecular formula is C13H16BrNO3S. The van der Waals surface area contributed by atoms with E-state index in [2.05, 4.69) is 21.2 Å². The maximum Gasteiger partial charge on any atom is 0.251 e. The molecule has 0 spiro atoms. The van der Waals surface area contributed by atoms with E-state index >= 15 is 0 Å². The van der Waals surface area contributed by atoms with Crippen molar-refractivity contribution in [2.45, 2.75) is 25.8 Å². The van der Waals surface area contributed by atoms with Gasteiger partial charge in [-0.1, -0.05) is 22.0 Å². The van der Waals surface area contributed by atoms with E-state index in [4.69, 9.17) is 0 Å². The highest BCUT2D eigenvalue weighted by Crippen LogP contribution is 2.20. The second-order valence-electron chi connectivity index (χ2n) is 4.84. The summed E-state index contributed by atoms with van der Waals surface area (Å²) in [5.41, 5.74) is 1.44. The molecule has 0 bridgehead atoms. The fraction of sp³-hybridized carbons (Fsp3) is 0.462. The summed E-state index contributed by atoms with van der Waals surface area (Å²) in [6.07, 6.45) is 1.34. The summed E-state index contributed by atoms with van der Waals surface area (Å²) >= 11 is 3.38. The third-order valence-electron chi connectivity index (χ3n) is 3.31. The number of carbonyl (C=O) groups is 1. The number of sulfone groups is 1. The van der Waals surface area contributed by atoms with E-state index < -0.39 is 9.84 Å².